The van der Waals surface area contributed by atoms with Gasteiger partial charge in [-0.25, -0.2) is 23.1 Å². The van der Waals surface area contributed by atoms with Gasteiger partial charge >= 0.3 is 0 Å². The predicted molar refractivity (Wildman–Crippen MR) is 87.3 cm³/mol. The molecule has 0 bridgehead atoms. The van der Waals surface area contributed by atoms with Gasteiger partial charge in [0.2, 0.25) is 5.95 Å². The largest absolute Gasteiger partial charge is 0.369 e. The second-order valence-electron chi connectivity index (χ2n) is 6.74. The van der Waals surface area contributed by atoms with Crippen LogP contribution in [0.25, 0.3) is 0 Å². The lowest BCUT2D eigenvalue weighted by atomic mass is 9.75. The maximum absolute atomic E-state index is 14.8. The molecule has 2 aromatic heterocycles. The molecular formula is C17H18F3N5. The molecule has 4 heterocycles. The molecule has 8 heteroatoms. The number of piperidine rings is 1. The van der Waals surface area contributed by atoms with Crippen LogP contribution < -0.4 is 9.80 Å². The third kappa shape index (κ3) is 2.79. The summed E-state index contributed by atoms with van der Waals surface area (Å²) in [5.74, 6) is -3.00. The van der Waals surface area contributed by atoms with E-state index in [1.54, 1.807) is 17.3 Å². The summed E-state index contributed by atoms with van der Waals surface area (Å²) in [6.07, 6.45) is 5.65. The van der Waals surface area contributed by atoms with Crippen LogP contribution in [0.15, 0.2) is 36.9 Å². The molecule has 1 atom stereocenters. The Labute approximate surface area is 143 Å². The minimum Gasteiger partial charge on any atom is -0.369 e. The molecular weight excluding hydrogens is 331 g/mol. The summed E-state index contributed by atoms with van der Waals surface area (Å²) in [5.41, 5.74) is -0.312. The molecule has 0 radical (unpaired) electrons. The lowest BCUT2D eigenvalue weighted by Crippen LogP contribution is -2.57. The van der Waals surface area contributed by atoms with Crippen molar-refractivity contribution in [3.63, 3.8) is 0 Å². The Balaban J connectivity index is 1.59. The number of alkyl halides is 2. The van der Waals surface area contributed by atoms with Crippen LogP contribution in [0.5, 0.6) is 0 Å². The molecule has 1 spiro atoms. The van der Waals surface area contributed by atoms with E-state index in [2.05, 4.69) is 15.0 Å². The summed E-state index contributed by atoms with van der Waals surface area (Å²) >= 11 is 0. The van der Waals surface area contributed by atoms with Crippen LogP contribution in [-0.2, 0) is 0 Å². The van der Waals surface area contributed by atoms with Crippen LogP contribution >= 0.6 is 0 Å². The minimum atomic E-state index is -2.76. The zero-order valence-electron chi connectivity index (χ0n) is 13.6. The molecule has 5 nitrogen and oxygen atoms in total. The van der Waals surface area contributed by atoms with E-state index in [4.69, 9.17) is 0 Å². The molecule has 25 heavy (non-hydrogen) atoms. The molecule has 132 valence electrons. The Hall–Kier alpha value is -2.38. The Bertz CT molecular complexity index is 740. The fraction of sp³-hybridized carbons (Fsp3) is 0.471. The van der Waals surface area contributed by atoms with Crippen molar-refractivity contribution >= 4 is 11.6 Å². The molecule has 4 rings (SSSR count). The highest BCUT2D eigenvalue weighted by molar-refractivity contribution is 5.46. The highest BCUT2D eigenvalue weighted by atomic mass is 19.3. The van der Waals surface area contributed by atoms with Gasteiger partial charge in [0, 0.05) is 38.8 Å². The van der Waals surface area contributed by atoms with Gasteiger partial charge in [-0.1, -0.05) is 0 Å². The second-order valence-corrected chi connectivity index (χ2v) is 6.74. The van der Waals surface area contributed by atoms with Gasteiger partial charge in [-0.15, -0.1) is 0 Å². The van der Waals surface area contributed by atoms with E-state index < -0.39 is 17.2 Å². The number of hydrogen-bond acceptors (Lipinski definition) is 5. The molecule has 0 amide bonds. The number of halogens is 3. The Kier molecular flexibility index (Phi) is 3.77. The number of hydrogen-bond donors (Lipinski definition) is 0. The molecule has 2 aliphatic heterocycles. The highest BCUT2D eigenvalue weighted by Crippen LogP contribution is 2.50. The van der Waals surface area contributed by atoms with Gasteiger partial charge in [0.05, 0.1) is 29.7 Å². The topological polar surface area (TPSA) is 45.2 Å². The molecule has 0 N–H and O–H groups in total. The average molecular weight is 349 g/mol. The first-order valence-corrected chi connectivity index (χ1v) is 8.24. The number of pyridine rings is 1. The third-order valence-corrected chi connectivity index (χ3v) is 5.22. The Morgan fingerprint density at radius 3 is 2.40 bits per heavy atom. The average Bonchev–Trinajstić information content (AvgIpc) is 3.05. The zero-order chi connectivity index (χ0) is 17.5. The van der Waals surface area contributed by atoms with Gasteiger partial charge in [0.15, 0.2) is 5.82 Å². The van der Waals surface area contributed by atoms with Crippen molar-refractivity contribution in [2.45, 2.75) is 18.8 Å². The lowest BCUT2D eigenvalue weighted by molar-refractivity contribution is -0.124. The van der Waals surface area contributed by atoms with E-state index in [0.717, 1.165) is 18.1 Å². The van der Waals surface area contributed by atoms with Gasteiger partial charge < -0.3 is 9.80 Å². The van der Waals surface area contributed by atoms with Crippen molar-refractivity contribution in [2.75, 3.05) is 36.0 Å². The number of rotatable bonds is 2. The summed E-state index contributed by atoms with van der Waals surface area (Å²) in [6, 6.07) is 3.70. The first-order valence-electron chi connectivity index (χ1n) is 8.24. The molecule has 2 fully saturated rings. The standard InChI is InChI=1S/C17H18F3N5/c18-13-8-22-15(23-9-13)25-6-3-16(12-25)11-24(7-4-17(16,19)20)14-2-1-5-21-10-14/h1-2,5,8-10H,3-4,6-7,11-12H2/t16-/m0/s1. The summed E-state index contributed by atoms with van der Waals surface area (Å²) in [5, 5.41) is 0. The quantitative estimate of drug-likeness (QED) is 0.834. The van der Waals surface area contributed by atoms with Crippen molar-refractivity contribution < 1.29 is 13.2 Å². The molecule has 2 aromatic rings. The van der Waals surface area contributed by atoms with Crippen LogP contribution in [0, 0.1) is 11.2 Å². The maximum Gasteiger partial charge on any atom is 0.258 e. The minimum absolute atomic E-state index is 0.155. The first kappa shape index (κ1) is 16.1. The van der Waals surface area contributed by atoms with Gasteiger partial charge in [-0.3, -0.25) is 4.98 Å². The fourth-order valence-electron chi connectivity index (χ4n) is 3.80. The third-order valence-electron chi connectivity index (χ3n) is 5.22. The fourth-order valence-corrected chi connectivity index (χ4v) is 3.80. The van der Waals surface area contributed by atoms with Gasteiger partial charge in [0.25, 0.3) is 5.92 Å². The highest BCUT2D eigenvalue weighted by Gasteiger charge is 2.59. The van der Waals surface area contributed by atoms with E-state index in [1.165, 1.54) is 0 Å². The Morgan fingerprint density at radius 1 is 0.960 bits per heavy atom. The molecule has 0 aliphatic carbocycles. The van der Waals surface area contributed by atoms with Crippen LogP contribution in [0.1, 0.15) is 12.8 Å². The summed E-state index contributed by atoms with van der Waals surface area (Å²) in [7, 11) is 0. The number of aromatic nitrogens is 3. The molecule has 0 aromatic carbocycles. The van der Waals surface area contributed by atoms with E-state index >= 15 is 0 Å². The SMILES string of the molecule is Fc1cnc(N2CC[C@]3(CN(c4cccnc4)CCC3(F)F)C2)nc1. The van der Waals surface area contributed by atoms with Crippen molar-refractivity contribution in [2.24, 2.45) is 5.41 Å². The predicted octanol–water partition coefficient (Wildman–Crippen LogP) is 2.75. The van der Waals surface area contributed by atoms with Crippen LogP contribution in [-0.4, -0.2) is 47.1 Å². The van der Waals surface area contributed by atoms with Gasteiger partial charge in [-0.2, -0.15) is 0 Å². The van der Waals surface area contributed by atoms with Crippen LogP contribution in [0.2, 0.25) is 0 Å². The molecule has 2 saturated heterocycles. The summed E-state index contributed by atoms with van der Waals surface area (Å²) < 4.78 is 42.7. The van der Waals surface area contributed by atoms with Crippen molar-refractivity contribution in [3.8, 4) is 0 Å². The van der Waals surface area contributed by atoms with Crippen LogP contribution in [0.4, 0.5) is 24.8 Å². The van der Waals surface area contributed by atoms with Gasteiger partial charge in [0.1, 0.15) is 0 Å². The normalized spacial score (nSPS) is 25.6. The van der Waals surface area contributed by atoms with Gasteiger partial charge in [-0.05, 0) is 18.6 Å². The zero-order valence-corrected chi connectivity index (χ0v) is 13.6. The molecule has 0 saturated carbocycles. The van der Waals surface area contributed by atoms with Crippen LogP contribution in [0.3, 0.4) is 0 Å². The maximum atomic E-state index is 14.8. The number of nitrogens with zero attached hydrogens (tertiary/aromatic N) is 5. The van der Waals surface area contributed by atoms with Crippen molar-refractivity contribution in [1.82, 2.24) is 15.0 Å². The monoisotopic (exact) mass is 349 g/mol. The van der Waals surface area contributed by atoms with Crippen molar-refractivity contribution in [3.05, 3.63) is 42.7 Å². The first-order chi connectivity index (χ1) is 12.0. The number of anilines is 2. The molecule has 0 unspecified atom stereocenters. The Morgan fingerprint density at radius 2 is 1.68 bits per heavy atom. The molecule has 2 aliphatic rings. The lowest BCUT2D eigenvalue weighted by Gasteiger charge is -2.46. The van der Waals surface area contributed by atoms with Crippen molar-refractivity contribution in [1.29, 1.82) is 0 Å². The van der Waals surface area contributed by atoms with E-state index in [9.17, 15) is 13.2 Å². The van der Waals surface area contributed by atoms with E-state index in [1.807, 2.05) is 17.0 Å². The second kappa shape index (κ2) is 5.86. The summed E-state index contributed by atoms with van der Waals surface area (Å²) in [4.78, 5) is 15.6. The summed E-state index contributed by atoms with van der Waals surface area (Å²) in [6.45, 7) is 1.14. The van der Waals surface area contributed by atoms with E-state index in [-0.39, 0.29) is 19.5 Å². The smallest absolute Gasteiger partial charge is 0.258 e. The van der Waals surface area contributed by atoms with E-state index in [0.29, 0.717) is 25.5 Å².